The van der Waals surface area contributed by atoms with Gasteiger partial charge >= 0.3 is 0 Å². The lowest BCUT2D eigenvalue weighted by molar-refractivity contribution is -0.127. The second-order valence-electron chi connectivity index (χ2n) is 7.72. The Bertz CT molecular complexity index is 436. The molecule has 0 unspecified atom stereocenters. The second-order valence-corrected chi connectivity index (χ2v) is 7.72. The molecule has 1 saturated carbocycles. The molecule has 0 radical (unpaired) electrons. The molecule has 0 bridgehead atoms. The molecule has 0 aromatic heterocycles. The second kappa shape index (κ2) is 13.8. The predicted molar refractivity (Wildman–Crippen MR) is 111 cm³/mol. The number of likely N-dealkylation sites (tertiary alicyclic amines) is 1. The van der Waals surface area contributed by atoms with Crippen LogP contribution in [0.1, 0.15) is 77.6 Å². The van der Waals surface area contributed by atoms with E-state index in [0.29, 0.717) is 12.0 Å². The summed E-state index contributed by atoms with van der Waals surface area (Å²) in [6.07, 6.45) is 13.3. The highest BCUT2D eigenvalue weighted by atomic mass is 16.5. The first-order valence-electron chi connectivity index (χ1n) is 11.2. The summed E-state index contributed by atoms with van der Waals surface area (Å²) in [5, 5.41) is 6.71. The molecule has 0 spiro atoms. The van der Waals surface area contributed by atoms with Crippen LogP contribution >= 0.6 is 0 Å². The predicted octanol–water partition coefficient (Wildman–Crippen LogP) is 3.07. The number of hydrogen-bond acceptors (Lipinski definition) is 3. The molecule has 1 heterocycles. The van der Waals surface area contributed by atoms with E-state index in [1.54, 1.807) is 0 Å². The Morgan fingerprint density at radius 2 is 1.96 bits per heavy atom. The first-order chi connectivity index (χ1) is 13.3. The van der Waals surface area contributed by atoms with Crippen LogP contribution < -0.4 is 10.6 Å². The van der Waals surface area contributed by atoms with Crippen molar-refractivity contribution in [2.45, 2.75) is 83.7 Å². The number of nitrogens with one attached hydrogen (secondary N) is 2. The standard InChI is InChI=1S/C21H40N4O2/c1-2-22-21(24-15-10-17-25-16-9-13-20(25)26)23-14-7-4-8-18-27-19-11-5-3-6-12-19/h19H,2-18H2,1H3,(H2,22,23,24). The minimum absolute atomic E-state index is 0.302. The maximum absolute atomic E-state index is 11.6. The molecule has 1 amide bonds. The first kappa shape index (κ1) is 22.0. The lowest BCUT2D eigenvalue weighted by Crippen LogP contribution is -2.38. The number of ether oxygens (including phenoxy) is 1. The molecule has 2 fully saturated rings. The van der Waals surface area contributed by atoms with Gasteiger partial charge < -0.3 is 20.3 Å². The van der Waals surface area contributed by atoms with Crippen molar-refractivity contribution in [1.82, 2.24) is 15.5 Å². The van der Waals surface area contributed by atoms with Gasteiger partial charge in [-0.2, -0.15) is 0 Å². The lowest BCUT2D eigenvalue weighted by atomic mass is 9.98. The number of guanidine groups is 1. The minimum Gasteiger partial charge on any atom is -0.378 e. The molecule has 0 aromatic rings. The minimum atomic E-state index is 0.302. The van der Waals surface area contributed by atoms with E-state index >= 15 is 0 Å². The topological polar surface area (TPSA) is 66.0 Å². The van der Waals surface area contributed by atoms with E-state index < -0.39 is 0 Å². The van der Waals surface area contributed by atoms with Gasteiger partial charge in [-0.1, -0.05) is 19.3 Å². The number of carbonyl (C=O) groups excluding carboxylic acids is 1. The average Bonchev–Trinajstić information content (AvgIpc) is 3.10. The zero-order valence-electron chi connectivity index (χ0n) is 17.3. The smallest absolute Gasteiger partial charge is 0.222 e. The summed E-state index contributed by atoms with van der Waals surface area (Å²) in [5.41, 5.74) is 0. The third-order valence-electron chi connectivity index (χ3n) is 5.39. The van der Waals surface area contributed by atoms with Crippen molar-refractivity contribution < 1.29 is 9.53 Å². The van der Waals surface area contributed by atoms with Crippen LogP contribution in [-0.2, 0) is 9.53 Å². The number of nitrogens with zero attached hydrogens (tertiary/aromatic N) is 2. The van der Waals surface area contributed by atoms with E-state index in [9.17, 15) is 4.79 Å². The van der Waals surface area contributed by atoms with Crippen molar-refractivity contribution in [3.8, 4) is 0 Å². The van der Waals surface area contributed by atoms with Gasteiger partial charge in [0.25, 0.3) is 0 Å². The van der Waals surface area contributed by atoms with Crippen molar-refractivity contribution in [1.29, 1.82) is 0 Å². The highest BCUT2D eigenvalue weighted by molar-refractivity contribution is 5.79. The van der Waals surface area contributed by atoms with E-state index in [0.717, 1.165) is 77.4 Å². The molecule has 2 N–H and O–H groups in total. The Kier molecular flexibility index (Phi) is 11.2. The fourth-order valence-corrected chi connectivity index (χ4v) is 3.83. The summed E-state index contributed by atoms with van der Waals surface area (Å²) < 4.78 is 5.98. The van der Waals surface area contributed by atoms with E-state index in [1.807, 2.05) is 4.90 Å². The molecule has 1 aliphatic heterocycles. The highest BCUT2D eigenvalue weighted by Gasteiger charge is 2.18. The van der Waals surface area contributed by atoms with Crippen molar-refractivity contribution in [2.75, 3.05) is 39.3 Å². The molecule has 156 valence electrons. The molecular weight excluding hydrogens is 340 g/mol. The number of amides is 1. The molecule has 6 heteroatoms. The Morgan fingerprint density at radius 1 is 1.11 bits per heavy atom. The van der Waals surface area contributed by atoms with E-state index in [2.05, 4.69) is 22.5 Å². The third kappa shape index (κ3) is 9.45. The average molecular weight is 381 g/mol. The number of unbranched alkanes of at least 4 members (excludes halogenated alkanes) is 2. The van der Waals surface area contributed by atoms with Gasteiger partial charge in [0.2, 0.25) is 5.91 Å². The molecule has 2 rings (SSSR count). The summed E-state index contributed by atoms with van der Waals surface area (Å²) in [5.74, 6) is 1.19. The monoisotopic (exact) mass is 380 g/mol. The quantitative estimate of drug-likeness (QED) is 0.310. The molecule has 27 heavy (non-hydrogen) atoms. The Hall–Kier alpha value is -1.30. The summed E-state index contributed by atoms with van der Waals surface area (Å²) in [6.45, 7) is 7.32. The van der Waals surface area contributed by atoms with Gasteiger partial charge in [-0.3, -0.25) is 9.79 Å². The maximum Gasteiger partial charge on any atom is 0.222 e. The number of aliphatic imine (C=N–C) groups is 1. The normalized spacial score (nSPS) is 18.9. The lowest BCUT2D eigenvalue weighted by Gasteiger charge is -2.21. The largest absolute Gasteiger partial charge is 0.378 e. The molecule has 2 aliphatic rings. The van der Waals surface area contributed by atoms with Gasteiger partial charge in [0, 0.05) is 45.8 Å². The van der Waals surface area contributed by atoms with E-state index in [1.165, 1.54) is 38.5 Å². The highest BCUT2D eigenvalue weighted by Crippen LogP contribution is 2.20. The fourth-order valence-electron chi connectivity index (χ4n) is 3.83. The first-order valence-corrected chi connectivity index (χ1v) is 11.2. The van der Waals surface area contributed by atoms with Crippen LogP contribution in [0.4, 0.5) is 0 Å². The summed E-state index contributed by atoms with van der Waals surface area (Å²) >= 11 is 0. The summed E-state index contributed by atoms with van der Waals surface area (Å²) in [7, 11) is 0. The van der Waals surface area contributed by atoms with Crippen LogP contribution in [0.15, 0.2) is 4.99 Å². The van der Waals surface area contributed by atoms with Gasteiger partial charge in [-0.25, -0.2) is 0 Å². The van der Waals surface area contributed by atoms with Gasteiger partial charge in [0.1, 0.15) is 0 Å². The maximum atomic E-state index is 11.6. The van der Waals surface area contributed by atoms with E-state index in [-0.39, 0.29) is 0 Å². The molecular formula is C21H40N4O2. The molecule has 1 aliphatic carbocycles. The van der Waals surface area contributed by atoms with Gasteiger partial charge in [0.15, 0.2) is 5.96 Å². The molecule has 1 saturated heterocycles. The van der Waals surface area contributed by atoms with Gasteiger partial charge in [-0.15, -0.1) is 0 Å². The third-order valence-corrected chi connectivity index (χ3v) is 5.39. The number of rotatable bonds is 12. The fraction of sp³-hybridized carbons (Fsp3) is 0.905. The Balaban J connectivity index is 1.48. The van der Waals surface area contributed by atoms with Gasteiger partial charge in [0.05, 0.1) is 6.10 Å². The van der Waals surface area contributed by atoms with E-state index in [4.69, 9.17) is 4.74 Å². The SMILES string of the molecule is CCNC(=NCCCN1CCCC1=O)NCCCCCOC1CCCCC1. The summed E-state index contributed by atoms with van der Waals surface area (Å²) in [6, 6.07) is 0. The molecule has 0 atom stereocenters. The number of hydrogen-bond donors (Lipinski definition) is 2. The van der Waals surface area contributed by atoms with Crippen molar-refractivity contribution in [3.63, 3.8) is 0 Å². The Labute approximate surface area is 165 Å². The van der Waals surface area contributed by atoms with Crippen LogP contribution in [0, 0.1) is 0 Å². The Morgan fingerprint density at radius 3 is 2.70 bits per heavy atom. The number of carbonyl (C=O) groups is 1. The van der Waals surface area contributed by atoms with Crippen LogP contribution in [0.25, 0.3) is 0 Å². The summed E-state index contributed by atoms with van der Waals surface area (Å²) in [4.78, 5) is 18.2. The zero-order valence-corrected chi connectivity index (χ0v) is 17.3. The zero-order chi connectivity index (χ0) is 19.2. The van der Waals surface area contributed by atoms with Crippen LogP contribution in [-0.4, -0.2) is 62.2 Å². The van der Waals surface area contributed by atoms with Crippen molar-refractivity contribution >= 4 is 11.9 Å². The molecule has 6 nitrogen and oxygen atoms in total. The van der Waals surface area contributed by atoms with Crippen LogP contribution in [0.3, 0.4) is 0 Å². The van der Waals surface area contributed by atoms with Crippen LogP contribution in [0.2, 0.25) is 0 Å². The van der Waals surface area contributed by atoms with Crippen molar-refractivity contribution in [3.05, 3.63) is 0 Å². The molecule has 0 aromatic carbocycles. The van der Waals surface area contributed by atoms with Crippen LogP contribution in [0.5, 0.6) is 0 Å². The van der Waals surface area contributed by atoms with Gasteiger partial charge in [-0.05, 0) is 51.9 Å². The van der Waals surface area contributed by atoms with Crippen molar-refractivity contribution in [2.24, 2.45) is 4.99 Å².